The third kappa shape index (κ3) is 3.33. The summed E-state index contributed by atoms with van der Waals surface area (Å²) in [5.41, 5.74) is 2.87. The molecule has 1 N–H and O–H groups in total. The van der Waals surface area contributed by atoms with Gasteiger partial charge in [-0.3, -0.25) is 0 Å². The molecule has 0 aliphatic rings. The first-order valence-corrected chi connectivity index (χ1v) is 3.64. The number of nitrogens with one attached hydrogen (secondary N) is 1. The van der Waals surface area contributed by atoms with Crippen molar-refractivity contribution in [2.75, 3.05) is 12.0 Å². The van der Waals surface area contributed by atoms with Crippen molar-refractivity contribution in [3.05, 3.63) is 35.2 Å². The van der Waals surface area contributed by atoms with Crippen molar-refractivity contribution >= 4 is 11.7 Å². The van der Waals surface area contributed by atoms with Crippen molar-refractivity contribution in [3.63, 3.8) is 0 Å². The molecule has 0 saturated heterocycles. The molecule has 0 aromatic heterocycles. The molecule has 0 unspecified atom stereocenters. The molecule has 5 heteroatoms. The zero-order valence-electron chi connectivity index (χ0n) is 6.77. The molecular weight excluding hydrogens is 172 g/mol. The Labute approximate surface area is 74.5 Å². The number of anilines is 1. The highest BCUT2D eigenvalue weighted by molar-refractivity contribution is 5.65. The summed E-state index contributed by atoms with van der Waals surface area (Å²) in [4.78, 5) is 21.0. The van der Waals surface area contributed by atoms with Gasteiger partial charge in [-0.25, -0.2) is 0 Å². The number of hydrogen-bond donors (Lipinski definition) is 1. The van der Waals surface area contributed by atoms with Gasteiger partial charge in [-0.1, -0.05) is 18.2 Å². The van der Waals surface area contributed by atoms with E-state index in [1.807, 2.05) is 0 Å². The highest BCUT2D eigenvalue weighted by Gasteiger charge is 2.07. The molecule has 0 atom stereocenters. The van der Waals surface area contributed by atoms with Crippen LogP contribution >= 0.6 is 0 Å². The fraction of sp³-hybridized carbons (Fsp3) is 0.125. The van der Waals surface area contributed by atoms with Gasteiger partial charge in [0.25, 0.3) is 6.54 Å². The third-order valence-corrected chi connectivity index (χ3v) is 1.30. The van der Waals surface area contributed by atoms with Crippen molar-refractivity contribution in [2.45, 2.75) is 0 Å². The van der Waals surface area contributed by atoms with E-state index in [1.165, 1.54) is 0 Å². The number of nitrogens with zero attached hydrogens (tertiary/aromatic N) is 1. The second-order valence-electron chi connectivity index (χ2n) is 2.39. The smallest absolute Gasteiger partial charge is 0.264 e. The topological polar surface area (TPSA) is 72.2 Å². The number of hydrazine groups is 1. The number of nitroso groups, excluding NO2 is 1. The Kier molecular flexibility index (Phi) is 2.97. The summed E-state index contributed by atoms with van der Waals surface area (Å²) in [7, 11) is 0. The van der Waals surface area contributed by atoms with Crippen molar-refractivity contribution < 1.29 is 14.8 Å². The van der Waals surface area contributed by atoms with Crippen LogP contribution in [0.3, 0.4) is 0 Å². The summed E-state index contributed by atoms with van der Waals surface area (Å²) in [5, 5.41) is 10.0. The Morgan fingerprint density at radius 1 is 1.38 bits per heavy atom. The van der Waals surface area contributed by atoms with E-state index in [4.69, 9.17) is 0 Å². The number of rotatable bonds is 4. The number of hydrogen-bond acceptors (Lipinski definition) is 3. The van der Waals surface area contributed by atoms with E-state index >= 15 is 0 Å². The summed E-state index contributed by atoms with van der Waals surface area (Å²) >= 11 is 0. The lowest BCUT2D eigenvalue weighted by Gasteiger charge is -1.97. The van der Waals surface area contributed by atoms with E-state index in [-0.39, 0.29) is 4.87 Å². The molecule has 0 amide bonds. The molecule has 0 aliphatic heterocycles. The molecule has 0 radical (unpaired) electrons. The Balaban J connectivity index is 2.50. The lowest BCUT2D eigenvalue weighted by atomic mass is 10.3. The standard InChI is InChI=1S/C8H8N2O3/c11-8(12)6-10(13)9-7-4-2-1-3-5-7/h1-5H,6H2,(H-,9,11,12,13). The minimum atomic E-state index is -1.42. The Bertz CT molecular complexity index is 310. The van der Waals surface area contributed by atoms with Gasteiger partial charge in [-0.15, -0.1) is 5.43 Å². The normalized spacial score (nSPS) is 9.23. The average molecular weight is 180 g/mol. The van der Waals surface area contributed by atoms with Crippen LogP contribution in [0.2, 0.25) is 0 Å². The summed E-state index contributed by atoms with van der Waals surface area (Å²) in [6, 6.07) is 8.56. The number of aliphatic carboxylic acids is 1. The fourth-order valence-electron chi connectivity index (χ4n) is 0.813. The molecule has 1 aromatic rings. The van der Waals surface area contributed by atoms with Gasteiger partial charge in [0, 0.05) is 0 Å². The first-order valence-electron chi connectivity index (χ1n) is 3.64. The molecule has 5 nitrogen and oxygen atoms in total. The predicted molar refractivity (Wildman–Crippen MR) is 43.6 cm³/mol. The maximum absolute atomic E-state index is 10.8. The minimum absolute atomic E-state index is 0.199. The molecular formula is C8H8N2O3. The van der Waals surface area contributed by atoms with Gasteiger partial charge in [0.05, 0.1) is 4.91 Å². The fourth-order valence-corrected chi connectivity index (χ4v) is 0.813. The first kappa shape index (κ1) is 9.18. The monoisotopic (exact) mass is 180 g/mol. The van der Waals surface area contributed by atoms with E-state index in [1.54, 1.807) is 30.3 Å². The van der Waals surface area contributed by atoms with Crippen LogP contribution in [0.5, 0.6) is 0 Å². The van der Waals surface area contributed by atoms with Gasteiger partial charge in [-0.2, -0.15) is 0 Å². The minimum Gasteiger partial charge on any atom is -0.543 e. The van der Waals surface area contributed by atoms with Crippen LogP contribution in [0.15, 0.2) is 30.3 Å². The van der Waals surface area contributed by atoms with Crippen LogP contribution in [0.1, 0.15) is 0 Å². The predicted octanol–water partition coefficient (Wildman–Crippen LogP) is -0.458. The number of benzene rings is 1. The number of para-hydroxylation sites is 1. The van der Waals surface area contributed by atoms with E-state index in [2.05, 4.69) is 5.43 Å². The van der Waals surface area contributed by atoms with Gasteiger partial charge < -0.3 is 9.90 Å². The number of carboxylic acids is 1. The number of carboxylic acid groups (broad SMARTS) is 1. The van der Waals surface area contributed by atoms with Crippen LogP contribution in [-0.4, -0.2) is 17.4 Å². The Hall–Kier alpha value is -1.91. The van der Waals surface area contributed by atoms with Gasteiger partial charge in [-0.05, 0) is 12.1 Å². The summed E-state index contributed by atoms with van der Waals surface area (Å²) in [6.07, 6.45) is 0. The largest absolute Gasteiger partial charge is 0.543 e. The molecule has 1 rings (SSSR count). The highest BCUT2D eigenvalue weighted by Crippen LogP contribution is 2.03. The van der Waals surface area contributed by atoms with Gasteiger partial charge in [0.15, 0.2) is 0 Å². The molecule has 0 heterocycles. The van der Waals surface area contributed by atoms with Crippen molar-refractivity contribution in [2.24, 2.45) is 0 Å². The Morgan fingerprint density at radius 2 is 2.00 bits per heavy atom. The highest BCUT2D eigenvalue weighted by atomic mass is 16.4. The lowest BCUT2D eigenvalue weighted by Crippen LogP contribution is -2.34. The summed E-state index contributed by atoms with van der Waals surface area (Å²) in [6.45, 7) is -0.700. The molecule has 0 fully saturated rings. The third-order valence-electron chi connectivity index (χ3n) is 1.30. The number of carbonyl (C=O) groups excluding carboxylic acids is 1. The Morgan fingerprint density at radius 3 is 2.54 bits per heavy atom. The van der Waals surface area contributed by atoms with Crippen LogP contribution < -0.4 is 10.5 Å². The van der Waals surface area contributed by atoms with Crippen LogP contribution in [-0.2, 0) is 4.79 Å². The van der Waals surface area contributed by atoms with Crippen LogP contribution in [0.25, 0.3) is 0 Å². The molecule has 13 heavy (non-hydrogen) atoms. The quantitative estimate of drug-likeness (QED) is 0.502. The average Bonchev–Trinajstić information content (AvgIpc) is 2.04. The zero-order chi connectivity index (χ0) is 9.68. The molecule has 0 spiro atoms. The molecule has 0 aliphatic carbocycles. The van der Waals surface area contributed by atoms with Crippen LogP contribution in [0, 0.1) is 4.91 Å². The maximum atomic E-state index is 10.8. The van der Waals surface area contributed by atoms with E-state index in [9.17, 15) is 14.8 Å². The van der Waals surface area contributed by atoms with Crippen molar-refractivity contribution in [1.82, 2.24) is 0 Å². The van der Waals surface area contributed by atoms with Crippen LogP contribution in [0.4, 0.5) is 5.69 Å². The van der Waals surface area contributed by atoms with Gasteiger partial charge in [0.1, 0.15) is 16.5 Å². The van der Waals surface area contributed by atoms with E-state index in [0.717, 1.165) is 0 Å². The van der Waals surface area contributed by atoms with Gasteiger partial charge >= 0.3 is 0 Å². The van der Waals surface area contributed by atoms with Crippen molar-refractivity contribution in [3.8, 4) is 0 Å². The van der Waals surface area contributed by atoms with Crippen molar-refractivity contribution in [1.29, 1.82) is 0 Å². The van der Waals surface area contributed by atoms with E-state index < -0.39 is 12.5 Å². The second kappa shape index (κ2) is 4.20. The number of carbonyl (C=O) groups is 1. The SMILES string of the molecule is O=C([O-])C[N+](=O)Nc1ccccc1. The first-order chi connectivity index (χ1) is 6.18. The molecule has 0 saturated carbocycles. The summed E-state index contributed by atoms with van der Waals surface area (Å²) < 4.78 is 0. The lowest BCUT2D eigenvalue weighted by molar-refractivity contribution is -0.518. The summed E-state index contributed by atoms with van der Waals surface area (Å²) in [5.74, 6) is -1.42. The van der Waals surface area contributed by atoms with Gasteiger partial charge in [0.2, 0.25) is 0 Å². The van der Waals surface area contributed by atoms with E-state index in [0.29, 0.717) is 5.69 Å². The zero-order valence-corrected chi connectivity index (χ0v) is 6.77. The second-order valence-corrected chi connectivity index (χ2v) is 2.39. The molecule has 1 aromatic carbocycles. The molecule has 68 valence electrons. The molecule has 0 bridgehead atoms. The maximum Gasteiger partial charge on any atom is 0.264 e.